The van der Waals surface area contributed by atoms with Crippen LogP contribution in [-0.4, -0.2) is 26.0 Å². The number of hydrogen-bond donors (Lipinski definition) is 2. The Balaban J connectivity index is 1.77. The summed E-state index contributed by atoms with van der Waals surface area (Å²) in [5.41, 5.74) is 8.82. The molecule has 0 fully saturated rings. The van der Waals surface area contributed by atoms with Crippen LogP contribution < -0.4 is 5.73 Å². The van der Waals surface area contributed by atoms with E-state index in [9.17, 15) is 0 Å². The van der Waals surface area contributed by atoms with Crippen LogP contribution in [0.2, 0.25) is 0 Å². The van der Waals surface area contributed by atoms with Gasteiger partial charge >= 0.3 is 0 Å². The van der Waals surface area contributed by atoms with Gasteiger partial charge in [0.15, 0.2) is 5.65 Å². The van der Waals surface area contributed by atoms with E-state index in [0.717, 1.165) is 28.3 Å². The van der Waals surface area contributed by atoms with Crippen molar-refractivity contribution in [2.75, 3.05) is 0 Å². The van der Waals surface area contributed by atoms with Gasteiger partial charge in [-0.2, -0.15) is 0 Å². The smallest absolute Gasteiger partial charge is 0.181 e. The molecule has 0 amide bonds. The maximum Gasteiger partial charge on any atom is 0.181 e. The Kier molecular flexibility index (Phi) is 4.17. The maximum absolute atomic E-state index is 5.98. The van der Waals surface area contributed by atoms with Crippen LogP contribution in [0.4, 0.5) is 0 Å². The lowest BCUT2D eigenvalue weighted by Gasteiger charge is -2.09. The fraction of sp³-hybridized carbons (Fsp3) is 0.267. The van der Waals surface area contributed by atoms with E-state index in [1.807, 2.05) is 0 Å². The molecule has 2 heterocycles. The molecule has 1 atom stereocenters. The van der Waals surface area contributed by atoms with E-state index in [0.29, 0.717) is 5.65 Å². The van der Waals surface area contributed by atoms with Crippen LogP contribution in [0.1, 0.15) is 18.9 Å². The monoisotopic (exact) mass is 299 g/mol. The Bertz CT molecular complexity index is 722. The van der Waals surface area contributed by atoms with Crippen molar-refractivity contribution >= 4 is 22.9 Å². The molecule has 3 N–H and O–H groups in total. The second kappa shape index (κ2) is 6.24. The number of benzene rings is 1. The van der Waals surface area contributed by atoms with Crippen molar-refractivity contribution in [1.82, 2.24) is 19.9 Å². The summed E-state index contributed by atoms with van der Waals surface area (Å²) in [4.78, 5) is 16.8. The van der Waals surface area contributed by atoms with Crippen molar-refractivity contribution in [3.05, 3.63) is 42.5 Å². The van der Waals surface area contributed by atoms with Crippen molar-refractivity contribution in [2.45, 2.75) is 35.7 Å². The lowest BCUT2D eigenvalue weighted by molar-refractivity contribution is 0.646. The van der Waals surface area contributed by atoms with Gasteiger partial charge in [-0.3, -0.25) is 0 Å². The molecule has 0 aliphatic carbocycles. The number of rotatable bonds is 5. The highest BCUT2D eigenvalue weighted by Gasteiger charge is 2.08. The number of fused-ring (bicyclic) bond motifs is 1. The topological polar surface area (TPSA) is 80.5 Å². The van der Waals surface area contributed by atoms with Gasteiger partial charge in [-0.15, -0.1) is 0 Å². The fourth-order valence-electron chi connectivity index (χ4n) is 2.07. The Morgan fingerprint density at radius 3 is 2.76 bits per heavy atom. The summed E-state index contributed by atoms with van der Waals surface area (Å²) >= 11 is 1.60. The van der Waals surface area contributed by atoms with E-state index in [2.05, 4.69) is 51.1 Å². The Hall–Kier alpha value is -1.92. The minimum absolute atomic E-state index is 0.231. The van der Waals surface area contributed by atoms with Crippen LogP contribution in [0.25, 0.3) is 11.2 Å². The average Bonchev–Trinajstić information content (AvgIpc) is 2.99. The minimum atomic E-state index is 0.231. The Morgan fingerprint density at radius 2 is 2.00 bits per heavy atom. The molecule has 3 aromatic rings. The SMILES string of the molecule is CCC(N)Cc1ccc(Sc2ncnc3nc[nH]c23)cc1. The van der Waals surface area contributed by atoms with Crippen molar-refractivity contribution in [3.8, 4) is 0 Å². The van der Waals surface area contributed by atoms with Crippen LogP contribution in [0.5, 0.6) is 0 Å². The molecule has 0 aliphatic heterocycles. The number of nitrogens with two attached hydrogens (primary N) is 1. The lowest BCUT2D eigenvalue weighted by atomic mass is 10.1. The van der Waals surface area contributed by atoms with Crippen LogP contribution in [0.15, 0.2) is 46.8 Å². The molecule has 5 nitrogen and oxygen atoms in total. The van der Waals surface area contributed by atoms with Crippen LogP contribution in [0.3, 0.4) is 0 Å². The maximum atomic E-state index is 5.98. The van der Waals surface area contributed by atoms with E-state index < -0.39 is 0 Å². The molecule has 0 saturated heterocycles. The van der Waals surface area contributed by atoms with E-state index in [-0.39, 0.29) is 6.04 Å². The number of imidazole rings is 1. The lowest BCUT2D eigenvalue weighted by Crippen LogP contribution is -2.21. The Labute approximate surface area is 127 Å². The van der Waals surface area contributed by atoms with Gasteiger partial charge in [0.05, 0.1) is 6.33 Å². The molecule has 108 valence electrons. The summed E-state index contributed by atoms with van der Waals surface area (Å²) in [5, 5.41) is 0.885. The molecule has 0 saturated carbocycles. The van der Waals surface area contributed by atoms with Gasteiger partial charge in [-0.05, 0) is 30.5 Å². The number of hydrogen-bond acceptors (Lipinski definition) is 5. The highest BCUT2D eigenvalue weighted by molar-refractivity contribution is 7.99. The van der Waals surface area contributed by atoms with Gasteiger partial charge in [-0.25, -0.2) is 15.0 Å². The first kappa shape index (κ1) is 14.0. The summed E-state index contributed by atoms with van der Waals surface area (Å²) in [7, 11) is 0. The van der Waals surface area contributed by atoms with Gasteiger partial charge in [0.25, 0.3) is 0 Å². The number of aromatic amines is 1. The normalized spacial score (nSPS) is 12.7. The summed E-state index contributed by atoms with van der Waals surface area (Å²) in [6.45, 7) is 2.11. The zero-order valence-electron chi connectivity index (χ0n) is 11.8. The van der Waals surface area contributed by atoms with Crippen molar-refractivity contribution < 1.29 is 0 Å². The summed E-state index contributed by atoms with van der Waals surface area (Å²) in [5.74, 6) is 0. The zero-order chi connectivity index (χ0) is 14.7. The molecule has 6 heteroatoms. The van der Waals surface area contributed by atoms with Crippen LogP contribution in [-0.2, 0) is 6.42 Å². The third kappa shape index (κ3) is 3.22. The van der Waals surface area contributed by atoms with Gasteiger partial charge in [0, 0.05) is 10.9 Å². The molecule has 1 aromatic carbocycles. The summed E-state index contributed by atoms with van der Waals surface area (Å²) in [6.07, 6.45) is 5.09. The average molecular weight is 299 g/mol. The first-order valence-corrected chi connectivity index (χ1v) is 7.74. The highest BCUT2D eigenvalue weighted by atomic mass is 32.2. The highest BCUT2D eigenvalue weighted by Crippen LogP contribution is 2.29. The van der Waals surface area contributed by atoms with Gasteiger partial charge in [0.1, 0.15) is 16.9 Å². The predicted molar refractivity (Wildman–Crippen MR) is 84.2 cm³/mol. The molecule has 1 unspecified atom stereocenters. The van der Waals surface area contributed by atoms with Gasteiger partial charge in [0.2, 0.25) is 0 Å². The molecule has 0 bridgehead atoms. The van der Waals surface area contributed by atoms with Gasteiger partial charge in [-0.1, -0.05) is 30.8 Å². The molecule has 2 aromatic heterocycles. The summed E-state index contributed by atoms with van der Waals surface area (Å²) < 4.78 is 0. The fourth-order valence-corrected chi connectivity index (χ4v) is 2.92. The second-order valence-corrected chi connectivity index (χ2v) is 5.96. The third-order valence-electron chi connectivity index (χ3n) is 3.35. The van der Waals surface area contributed by atoms with Gasteiger partial charge < -0.3 is 10.7 Å². The molecule has 0 spiro atoms. The quantitative estimate of drug-likeness (QED) is 0.708. The zero-order valence-corrected chi connectivity index (χ0v) is 12.6. The van der Waals surface area contributed by atoms with E-state index in [1.165, 1.54) is 5.56 Å². The molecule has 3 rings (SSSR count). The van der Waals surface area contributed by atoms with E-state index >= 15 is 0 Å². The Morgan fingerprint density at radius 1 is 1.19 bits per heavy atom. The van der Waals surface area contributed by atoms with E-state index in [4.69, 9.17) is 5.73 Å². The number of aromatic nitrogens is 4. The molecule has 0 radical (unpaired) electrons. The predicted octanol–water partition coefficient (Wildman–Crippen LogP) is 2.78. The molecular formula is C15H17N5S. The molecule has 0 aliphatic rings. The van der Waals surface area contributed by atoms with Crippen molar-refractivity contribution in [1.29, 1.82) is 0 Å². The minimum Gasteiger partial charge on any atom is -0.341 e. The molecular weight excluding hydrogens is 282 g/mol. The first-order chi connectivity index (χ1) is 10.3. The summed E-state index contributed by atoms with van der Waals surface area (Å²) in [6, 6.07) is 8.70. The largest absolute Gasteiger partial charge is 0.341 e. The van der Waals surface area contributed by atoms with Crippen LogP contribution in [0, 0.1) is 0 Å². The van der Waals surface area contributed by atoms with Crippen LogP contribution >= 0.6 is 11.8 Å². The number of H-pyrrole nitrogens is 1. The third-order valence-corrected chi connectivity index (χ3v) is 4.36. The van der Waals surface area contributed by atoms with E-state index in [1.54, 1.807) is 24.4 Å². The molecule has 21 heavy (non-hydrogen) atoms. The first-order valence-electron chi connectivity index (χ1n) is 6.92. The number of nitrogens with one attached hydrogen (secondary N) is 1. The van der Waals surface area contributed by atoms with Crippen molar-refractivity contribution in [2.24, 2.45) is 5.73 Å². The standard InChI is InChI=1S/C15H17N5S/c1-2-11(16)7-10-3-5-12(6-4-10)21-15-13-14(18-8-17-13)19-9-20-15/h3-6,8-9,11H,2,7,16H2,1H3,(H,17,18,19,20). The van der Waals surface area contributed by atoms with Crippen molar-refractivity contribution in [3.63, 3.8) is 0 Å². The number of nitrogens with zero attached hydrogens (tertiary/aromatic N) is 3. The second-order valence-electron chi connectivity index (χ2n) is 4.90.